The number of nitrogens with two attached hydrogens (primary N) is 2. The number of aliphatic imine (C=N–C) groups is 1. The second kappa shape index (κ2) is 4.60. The molecule has 0 aromatic carbocycles. The van der Waals surface area contributed by atoms with E-state index in [0.29, 0.717) is 6.54 Å². The van der Waals surface area contributed by atoms with Gasteiger partial charge in [-0.15, -0.1) is 0 Å². The summed E-state index contributed by atoms with van der Waals surface area (Å²) in [5.74, 6) is -0.234. The fourth-order valence-electron chi connectivity index (χ4n) is 0.400. The van der Waals surface area contributed by atoms with Crippen molar-refractivity contribution in [2.75, 3.05) is 13.1 Å². The number of carbonyl (C=O) groups is 1. The second-order valence-electron chi connectivity index (χ2n) is 1.70. The Labute approximate surface area is 59.5 Å². The van der Waals surface area contributed by atoms with E-state index >= 15 is 0 Å². The number of primary amides is 1. The molecule has 0 rings (SSSR count). The number of rotatable bonds is 3. The van der Waals surface area contributed by atoms with E-state index in [1.54, 1.807) is 0 Å². The van der Waals surface area contributed by atoms with Crippen LogP contribution in [0.25, 0.3) is 0 Å². The van der Waals surface area contributed by atoms with Crippen LogP contribution in [-0.2, 0) is 4.79 Å². The minimum absolute atomic E-state index is 0.0567. The monoisotopic (exact) mass is 144 g/mol. The summed E-state index contributed by atoms with van der Waals surface area (Å²) >= 11 is 0. The van der Waals surface area contributed by atoms with Crippen molar-refractivity contribution in [2.24, 2.45) is 16.5 Å². The Morgan fingerprint density at radius 3 is 2.60 bits per heavy atom. The van der Waals surface area contributed by atoms with Crippen molar-refractivity contribution in [2.45, 2.75) is 6.92 Å². The summed E-state index contributed by atoms with van der Waals surface area (Å²) in [6, 6.07) is 0. The lowest BCUT2D eigenvalue weighted by Gasteiger charge is -1.98. The average molecular weight is 144 g/mol. The predicted octanol–water partition coefficient (Wildman–Crippen LogP) is -1.60. The van der Waals surface area contributed by atoms with E-state index in [1.807, 2.05) is 6.92 Å². The van der Waals surface area contributed by atoms with Gasteiger partial charge in [-0.2, -0.15) is 0 Å². The van der Waals surface area contributed by atoms with Crippen molar-refractivity contribution in [3.05, 3.63) is 0 Å². The molecular weight excluding hydrogens is 132 g/mol. The van der Waals surface area contributed by atoms with Gasteiger partial charge >= 0.3 is 0 Å². The van der Waals surface area contributed by atoms with Crippen LogP contribution in [0, 0.1) is 0 Å². The van der Waals surface area contributed by atoms with Crippen molar-refractivity contribution < 1.29 is 4.79 Å². The molecular formula is C5H12N4O. The molecule has 0 aliphatic rings. The van der Waals surface area contributed by atoms with Crippen LogP contribution in [0.4, 0.5) is 0 Å². The molecule has 0 atom stereocenters. The van der Waals surface area contributed by atoms with Crippen LogP contribution in [-0.4, -0.2) is 25.0 Å². The summed E-state index contributed by atoms with van der Waals surface area (Å²) in [5, 5.41) is 2.72. The summed E-state index contributed by atoms with van der Waals surface area (Å²) in [5.41, 5.74) is 10.1. The van der Waals surface area contributed by atoms with E-state index in [1.165, 1.54) is 0 Å². The fourth-order valence-corrected chi connectivity index (χ4v) is 0.400. The van der Waals surface area contributed by atoms with Crippen molar-refractivity contribution >= 4 is 11.9 Å². The van der Waals surface area contributed by atoms with Crippen LogP contribution in [0.1, 0.15) is 6.92 Å². The van der Waals surface area contributed by atoms with Crippen molar-refractivity contribution in [1.29, 1.82) is 0 Å². The number of amides is 1. The van der Waals surface area contributed by atoms with E-state index in [9.17, 15) is 4.79 Å². The molecule has 0 radical (unpaired) electrons. The van der Waals surface area contributed by atoms with Crippen molar-refractivity contribution in [3.8, 4) is 0 Å². The lowest BCUT2D eigenvalue weighted by Crippen LogP contribution is -2.32. The first-order valence-corrected chi connectivity index (χ1v) is 2.99. The summed E-state index contributed by atoms with van der Waals surface area (Å²) in [4.78, 5) is 13.8. The number of nitrogens with zero attached hydrogens (tertiary/aromatic N) is 1. The second-order valence-corrected chi connectivity index (χ2v) is 1.70. The van der Waals surface area contributed by atoms with Gasteiger partial charge in [-0.1, -0.05) is 0 Å². The molecule has 0 saturated heterocycles. The Bertz CT molecular complexity index is 143. The number of hydrogen-bond acceptors (Lipinski definition) is 2. The zero-order valence-corrected chi connectivity index (χ0v) is 5.92. The number of nitrogens with one attached hydrogen (secondary N) is 1. The topological polar surface area (TPSA) is 93.5 Å². The average Bonchev–Trinajstić information content (AvgIpc) is 1.85. The largest absolute Gasteiger partial charge is 0.370 e. The maximum atomic E-state index is 10.1. The van der Waals surface area contributed by atoms with Gasteiger partial charge in [-0.25, -0.2) is 4.99 Å². The molecule has 10 heavy (non-hydrogen) atoms. The molecule has 0 aliphatic carbocycles. The highest BCUT2D eigenvalue weighted by atomic mass is 16.1. The predicted molar refractivity (Wildman–Crippen MR) is 39.4 cm³/mol. The molecule has 0 unspecified atom stereocenters. The fraction of sp³-hybridized carbons (Fsp3) is 0.600. The third-order valence-electron chi connectivity index (χ3n) is 0.763. The maximum Gasteiger partial charge on any atom is 0.239 e. The number of guanidine groups is 1. The highest BCUT2D eigenvalue weighted by Crippen LogP contribution is 1.66. The molecule has 5 heteroatoms. The summed E-state index contributed by atoms with van der Waals surface area (Å²) in [6.45, 7) is 2.51. The molecule has 0 aromatic heterocycles. The van der Waals surface area contributed by atoms with Crippen LogP contribution in [0.15, 0.2) is 4.99 Å². The van der Waals surface area contributed by atoms with Crippen LogP contribution in [0.5, 0.6) is 0 Å². The van der Waals surface area contributed by atoms with Gasteiger partial charge in [0.1, 0.15) is 6.54 Å². The lowest BCUT2D eigenvalue weighted by molar-refractivity contribution is -0.116. The van der Waals surface area contributed by atoms with Crippen LogP contribution in [0.3, 0.4) is 0 Å². The molecule has 0 saturated carbocycles. The molecule has 1 amide bonds. The van der Waals surface area contributed by atoms with Gasteiger partial charge in [0, 0.05) is 6.54 Å². The highest BCUT2D eigenvalue weighted by Gasteiger charge is 1.90. The van der Waals surface area contributed by atoms with E-state index in [2.05, 4.69) is 10.3 Å². The summed E-state index contributed by atoms with van der Waals surface area (Å²) in [6.07, 6.45) is 0. The van der Waals surface area contributed by atoms with Crippen LogP contribution >= 0.6 is 0 Å². The first kappa shape index (κ1) is 8.74. The first-order valence-electron chi connectivity index (χ1n) is 2.99. The number of carbonyl (C=O) groups excluding carboxylic acids is 1. The van der Waals surface area contributed by atoms with E-state index in [-0.39, 0.29) is 12.5 Å². The van der Waals surface area contributed by atoms with Gasteiger partial charge in [0.25, 0.3) is 0 Å². The minimum Gasteiger partial charge on any atom is -0.370 e. The summed E-state index contributed by atoms with van der Waals surface area (Å²) in [7, 11) is 0. The van der Waals surface area contributed by atoms with E-state index < -0.39 is 5.91 Å². The summed E-state index contributed by atoms with van der Waals surface area (Å²) < 4.78 is 0. The first-order chi connectivity index (χ1) is 4.66. The molecule has 0 aromatic rings. The quantitative estimate of drug-likeness (QED) is 0.329. The normalized spacial score (nSPS) is 11.1. The standard InChI is InChI=1S/C5H12N4O/c1-2-8-5(7)9-3-4(6)10/h2-3H2,1H3,(H2,6,10)(H3,7,8,9). The Morgan fingerprint density at radius 2 is 2.20 bits per heavy atom. The van der Waals surface area contributed by atoms with Gasteiger partial charge in [0.05, 0.1) is 0 Å². The van der Waals surface area contributed by atoms with Crippen molar-refractivity contribution in [1.82, 2.24) is 5.32 Å². The lowest BCUT2D eigenvalue weighted by atomic mass is 10.6. The molecule has 5 N–H and O–H groups in total. The van der Waals surface area contributed by atoms with Crippen LogP contribution in [0.2, 0.25) is 0 Å². The van der Waals surface area contributed by atoms with E-state index in [4.69, 9.17) is 11.5 Å². The van der Waals surface area contributed by atoms with Gasteiger partial charge in [0.2, 0.25) is 5.91 Å². The molecule has 5 nitrogen and oxygen atoms in total. The number of hydrogen-bond donors (Lipinski definition) is 3. The third kappa shape index (κ3) is 4.89. The third-order valence-corrected chi connectivity index (χ3v) is 0.763. The SMILES string of the molecule is CCNC(N)=NCC(N)=O. The van der Waals surface area contributed by atoms with Gasteiger partial charge in [-0.3, -0.25) is 4.79 Å². The van der Waals surface area contributed by atoms with Crippen molar-refractivity contribution in [3.63, 3.8) is 0 Å². The van der Waals surface area contributed by atoms with Crippen LogP contribution < -0.4 is 16.8 Å². The van der Waals surface area contributed by atoms with E-state index in [0.717, 1.165) is 0 Å². The Morgan fingerprint density at radius 1 is 1.60 bits per heavy atom. The molecule has 0 aliphatic heterocycles. The molecule has 58 valence electrons. The van der Waals surface area contributed by atoms with Gasteiger partial charge in [-0.05, 0) is 6.92 Å². The molecule has 0 fully saturated rings. The molecule has 0 spiro atoms. The van der Waals surface area contributed by atoms with Gasteiger partial charge < -0.3 is 16.8 Å². The van der Waals surface area contributed by atoms with Gasteiger partial charge in [0.15, 0.2) is 5.96 Å². The minimum atomic E-state index is -0.485. The maximum absolute atomic E-state index is 10.1. The zero-order chi connectivity index (χ0) is 7.98. The molecule has 0 bridgehead atoms. The Balaban J connectivity index is 3.57. The molecule has 0 heterocycles. The Kier molecular flexibility index (Phi) is 4.02. The highest BCUT2D eigenvalue weighted by molar-refractivity contribution is 5.82. The zero-order valence-electron chi connectivity index (χ0n) is 5.92. The Hall–Kier alpha value is -1.26. The smallest absolute Gasteiger partial charge is 0.239 e.